The molecule has 120 valence electrons. The van der Waals surface area contributed by atoms with E-state index in [0.717, 1.165) is 27.9 Å². The summed E-state index contributed by atoms with van der Waals surface area (Å²) >= 11 is 0. The number of para-hydroxylation sites is 1. The van der Waals surface area contributed by atoms with Gasteiger partial charge in [0, 0.05) is 5.56 Å². The van der Waals surface area contributed by atoms with Gasteiger partial charge < -0.3 is 4.42 Å². The van der Waals surface area contributed by atoms with E-state index in [9.17, 15) is 0 Å². The molecule has 0 aliphatic rings. The largest absolute Gasteiger partial charge is 0.467 e. The molecule has 0 bridgehead atoms. The highest BCUT2D eigenvalue weighted by Crippen LogP contribution is 2.26. The Balaban J connectivity index is 1.48. The highest BCUT2D eigenvalue weighted by molar-refractivity contribution is 5.87. The fourth-order valence-electron chi connectivity index (χ4n) is 3.17. The third-order valence-corrected chi connectivity index (χ3v) is 4.46. The summed E-state index contributed by atoms with van der Waals surface area (Å²) in [7, 11) is 0. The fraction of sp³-hybridized carbons (Fsp3) is 0.0476. The molecule has 5 aromatic rings. The summed E-state index contributed by atoms with van der Waals surface area (Å²) in [6.45, 7) is 0.564. The van der Waals surface area contributed by atoms with Crippen LogP contribution in [0.15, 0.2) is 83.5 Å². The Hall–Kier alpha value is -3.40. The van der Waals surface area contributed by atoms with E-state index in [4.69, 9.17) is 4.42 Å². The predicted molar refractivity (Wildman–Crippen MR) is 98.3 cm³/mol. The number of hydrogen-bond donors (Lipinski definition) is 0. The molecule has 0 N–H and O–H groups in total. The van der Waals surface area contributed by atoms with Crippen LogP contribution in [-0.2, 0) is 6.54 Å². The molecule has 0 aliphatic carbocycles. The van der Waals surface area contributed by atoms with Crippen molar-refractivity contribution in [2.45, 2.75) is 6.54 Å². The fourth-order valence-corrected chi connectivity index (χ4v) is 3.17. The Kier molecular flexibility index (Phi) is 3.13. The van der Waals surface area contributed by atoms with Gasteiger partial charge in [-0.1, -0.05) is 53.7 Å². The molecule has 0 radical (unpaired) electrons. The third-order valence-electron chi connectivity index (χ3n) is 4.46. The van der Waals surface area contributed by atoms with E-state index in [0.29, 0.717) is 6.54 Å². The summed E-state index contributed by atoms with van der Waals surface area (Å²) < 4.78 is 7.62. The van der Waals surface area contributed by atoms with Crippen LogP contribution in [-0.4, -0.2) is 15.0 Å². The molecule has 0 amide bonds. The van der Waals surface area contributed by atoms with Crippen molar-refractivity contribution in [1.29, 1.82) is 0 Å². The van der Waals surface area contributed by atoms with E-state index < -0.39 is 0 Å². The van der Waals surface area contributed by atoms with Gasteiger partial charge >= 0.3 is 0 Å². The number of benzene rings is 3. The number of aromatic nitrogens is 3. The summed E-state index contributed by atoms with van der Waals surface area (Å²) in [5.74, 6) is 0.860. The van der Waals surface area contributed by atoms with Gasteiger partial charge in [-0.05, 0) is 40.6 Å². The summed E-state index contributed by atoms with van der Waals surface area (Å²) in [4.78, 5) is 0. The van der Waals surface area contributed by atoms with Crippen molar-refractivity contribution in [3.05, 3.63) is 84.8 Å². The molecule has 4 nitrogen and oxygen atoms in total. The van der Waals surface area contributed by atoms with Crippen molar-refractivity contribution in [1.82, 2.24) is 15.0 Å². The van der Waals surface area contributed by atoms with Gasteiger partial charge in [0.25, 0.3) is 0 Å². The topological polar surface area (TPSA) is 43.9 Å². The minimum atomic E-state index is 0.564. The zero-order chi connectivity index (χ0) is 16.6. The third kappa shape index (κ3) is 2.48. The number of hydrogen-bond acceptors (Lipinski definition) is 3. The highest BCUT2D eigenvalue weighted by Gasteiger charge is 2.09. The quantitative estimate of drug-likeness (QED) is 0.474. The van der Waals surface area contributed by atoms with Crippen molar-refractivity contribution in [3.63, 3.8) is 0 Å². The lowest BCUT2D eigenvalue weighted by atomic mass is 10.0. The van der Waals surface area contributed by atoms with Gasteiger partial charge in [-0.15, -0.1) is 5.10 Å². The first kappa shape index (κ1) is 14.0. The Labute approximate surface area is 144 Å². The second-order valence-corrected chi connectivity index (χ2v) is 6.10. The molecule has 0 spiro atoms. The molecule has 3 aromatic carbocycles. The number of fused-ring (bicyclic) bond motifs is 2. The molecule has 0 fully saturated rings. The molecule has 0 unspecified atom stereocenters. The first-order chi connectivity index (χ1) is 12.4. The first-order valence-corrected chi connectivity index (χ1v) is 8.22. The van der Waals surface area contributed by atoms with Crippen LogP contribution in [0.3, 0.4) is 0 Å². The monoisotopic (exact) mass is 325 g/mol. The average molecular weight is 325 g/mol. The second kappa shape index (κ2) is 5.60. The maximum absolute atomic E-state index is 5.76. The maximum Gasteiger partial charge on any atom is 0.125 e. The van der Waals surface area contributed by atoms with E-state index in [1.807, 2.05) is 28.9 Å². The summed E-state index contributed by atoms with van der Waals surface area (Å²) in [6, 6.07) is 24.8. The van der Waals surface area contributed by atoms with Gasteiger partial charge in [-0.2, -0.15) is 0 Å². The average Bonchev–Trinajstić information content (AvgIpc) is 3.29. The first-order valence-electron chi connectivity index (χ1n) is 8.22. The van der Waals surface area contributed by atoms with Gasteiger partial charge in [-0.25, -0.2) is 4.68 Å². The van der Waals surface area contributed by atoms with Crippen LogP contribution in [0.5, 0.6) is 0 Å². The number of rotatable bonds is 3. The molecule has 2 aromatic heterocycles. The maximum atomic E-state index is 5.76. The van der Waals surface area contributed by atoms with Crippen LogP contribution in [0.2, 0.25) is 0 Å². The number of furan rings is 1. The van der Waals surface area contributed by atoms with Crippen molar-refractivity contribution in [2.24, 2.45) is 0 Å². The second-order valence-electron chi connectivity index (χ2n) is 6.10. The van der Waals surface area contributed by atoms with Crippen molar-refractivity contribution in [2.75, 3.05) is 0 Å². The van der Waals surface area contributed by atoms with Gasteiger partial charge in [0.15, 0.2) is 0 Å². The van der Waals surface area contributed by atoms with Crippen LogP contribution in [0.25, 0.3) is 32.9 Å². The standard InChI is InChI=1S/C21H15N3O/c1-2-6-16-11-17(10-9-15(16)5-1)18-12-19(25-14-18)13-24-21-8-4-3-7-20(21)22-23-24/h1-12,14H,13H2. The van der Waals surface area contributed by atoms with E-state index in [-0.39, 0.29) is 0 Å². The SMILES string of the molecule is c1ccc2cc(-c3coc(Cn4nnc5ccccc54)c3)ccc2c1. The van der Waals surface area contributed by atoms with Crippen molar-refractivity contribution >= 4 is 21.8 Å². The molecular weight excluding hydrogens is 310 g/mol. The summed E-state index contributed by atoms with van der Waals surface area (Å²) in [6.07, 6.45) is 1.80. The van der Waals surface area contributed by atoms with Crippen LogP contribution < -0.4 is 0 Å². The Bertz CT molecular complexity index is 1190. The molecular formula is C21H15N3O. The van der Waals surface area contributed by atoms with Crippen molar-refractivity contribution < 1.29 is 4.42 Å². The van der Waals surface area contributed by atoms with E-state index in [1.165, 1.54) is 10.8 Å². The van der Waals surface area contributed by atoms with Crippen LogP contribution in [0, 0.1) is 0 Å². The summed E-state index contributed by atoms with van der Waals surface area (Å²) in [5, 5.41) is 10.9. The Morgan fingerprint density at radius 3 is 2.60 bits per heavy atom. The van der Waals surface area contributed by atoms with E-state index in [1.54, 1.807) is 6.26 Å². The Morgan fingerprint density at radius 1 is 0.800 bits per heavy atom. The Morgan fingerprint density at radius 2 is 1.64 bits per heavy atom. The van der Waals surface area contributed by atoms with Gasteiger partial charge in [0.05, 0.1) is 11.8 Å². The van der Waals surface area contributed by atoms with E-state index in [2.05, 4.69) is 58.8 Å². The van der Waals surface area contributed by atoms with Gasteiger partial charge in [0.2, 0.25) is 0 Å². The smallest absolute Gasteiger partial charge is 0.125 e. The molecule has 0 atom stereocenters. The van der Waals surface area contributed by atoms with Crippen molar-refractivity contribution in [3.8, 4) is 11.1 Å². The van der Waals surface area contributed by atoms with Crippen LogP contribution >= 0.6 is 0 Å². The summed E-state index contributed by atoms with van der Waals surface area (Å²) in [5.41, 5.74) is 4.12. The highest BCUT2D eigenvalue weighted by atomic mass is 16.3. The lowest BCUT2D eigenvalue weighted by Gasteiger charge is -2.01. The molecule has 0 saturated heterocycles. The molecule has 0 aliphatic heterocycles. The van der Waals surface area contributed by atoms with E-state index >= 15 is 0 Å². The molecule has 4 heteroatoms. The lowest BCUT2D eigenvalue weighted by molar-refractivity contribution is 0.480. The predicted octanol–water partition coefficient (Wildman–Crippen LogP) is 4.89. The van der Waals surface area contributed by atoms with Crippen LogP contribution in [0.4, 0.5) is 0 Å². The minimum absolute atomic E-state index is 0.564. The molecule has 0 saturated carbocycles. The zero-order valence-electron chi connectivity index (χ0n) is 13.5. The van der Waals surface area contributed by atoms with Gasteiger partial charge in [0.1, 0.15) is 17.8 Å². The molecule has 5 rings (SSSR count). The minimum Gasteiger partial charge on any atom is -0.467 e. The normalized spacial score (nSPS) is 11.4. The zero-order valence-corrected chi connectivity index (χ0v) is 13.5. The molecule has 25 heavy (non-hydrogen) atoms. The number of nitrogens with zero attached hydrogens (tertiary/aromatic N) is 3. The lowest BCUT2D eigenvalue weighted by Crippen LogP contribution is -2.00. The van der Waals surface area contributed by atoms with Crippen LogP contribution in [0.1, 0.15) is 5.76 Å². The molecule has 2 heterocycles. The van der Waals surface area contributed by atoms with Gasteiger partial charge in [-0.3, -0.25) is 0 Å².